The lowest BCUT2D eigenvalue weighted by atomic mass is 10.1. The van der Waals surface area contributed by atoms with Crippen molar-refractivity contribution in [1.29, 1.82) is 0 Å². The molecule has 0 aliphatic carbocycles. The highest BCUT2D eigenvalue weighted by Crippen LogP contribution is 2.31. The molecule has 0 radical (unpaired) electrons. The maximum atomic E-state index is 11.2. The van der Waals surface area contributed by atoms with Crippen LogP contribution in [0, 0.1) is 6.92 Å². The summed E-state index contributed by atoms with van der Waals surface area (Å²) in [5, 5.41) is 12.0. The summed E-state index contributed by atoms with van der Waals surface area (Å²) in [6, 6.07) is 7.42. The molecule has 0 unspecified atom stereocenters. The number of hydrogen-bond acceptors (Lipinski definition) is 4. The molecule has 5 nitrogen and oxygen atoms in total. The Kier molecular flexibility index (Phi) is 3.62. The van der Waals surface area contributed by atoms with E-state index >= 15 is 0 Å². The second kappa shape index (κ2) is 5.19. The van der Waals surface area contributed by atoms with Crippen molar-refractivity contribution in [1.82, 2.24) is 4.98 Å². The zero-order valence-electron chi connectivity index (χ0n) is 10.4. The number of nitrogens with zero attached hydrogens (tertiary/aromatic N) is 1. The molecule has 2 rings (SSSR count). The van der Waals surface area contributed by atoms with Gasteiger partial charge in [0.1, 0.15) is 4.88 Å². The lowest BCUT2D eigenvalue weighted by Crippen LogP contribution is -2.04. The Hall–Kier alpha value is -2.21. The van der Waals surface area contributed by atoms with Gasteiger partial charge in [-0.05, 0) is 13.0 Å². The van der Waals surface area contributed by atoms with E-state index in [1.54, 1.807) is 6.07 Å². The van der Waals surface area contributed by atoms with Crippen molar-refractivity contribution in [2.24, 2.45) is 0 Å². The molecule has 0 aliphatic heterocycles. The molecule has 0 atom stereocenters. The number of carbonyl (C=O) groups is 2. The van der Waals surface area contributed by atoms with Gasteiger partial charge in [-0.25, -0.2) is 9.78 Å². The number of carboxylic acids is 1. The molecule has 0 spiro atoms. The summed E-state index contributed by atoms with van der Waals surface area (Å²) >= 11 is 0.954. The Morgan fingerprint density at radius 2 is 2.11 bits per heavy atom. The third-order valence-corrected chi connectivity index (χ3v) is 3.35. The number of nitrogens with one attached hydrogen (secondary N) is 1. The van der Waals surface area contributed by atoms with Crippen LogP contribution in [-0.2, 0) is 4.79 Å². The van der Waals surface area contributed by atoms with Crippen molar-refractivity contribution < 1.29 is 14.7 Å². The van der Waals surface area contributed by atoms with Gasteiger partial charge in [0, 0.05) is 12.5 Å². The number of carboxylic acid groups (broad SMARTS) is 1. The number of thiazole rings is 1. The van der Waals surface area contributed by atoms with Crippen molar-refractivity contribution in [3.05, 3.63) is 34.7 Å². The number of aryl methyl sites for hydroxylation is 1. The minimum Gasteiger partial charge on any atom is -0.477 e. The zero-order valence-corrected chi connectivity index (χ0v) is 11.2. The van der Waals surface area contributed by atoms with E-state index < -0.39 is 5.97 Å². The van der Waals surface area contributed by atoms with Crippen molar-refractivity contribution >= 4 is 28.3 Å². The number of aromatic carboxylic acids is 1. The standard InChI is InChI=1S/C13H12N2O3S/c1-7-4-3-5-9(6-7)10-11(12(17)18)19-13(15-10)14-8(2)16/h3-6H,1-2H3,(H,17,18)(H,14,15,16). The quantitative estimate of drug-likeness (QED) is 0.903. The fraction of sp³-hybridized carbons (Fsp3) is 0.154. The highest BCUT2D eigenvalue weighted by Gasteiger charge is 2.19. The van der Waals surface area contributed by atoms with Crippen LogP contribution in [0.1, 0.15) is 22.2 Å². The molecule has 2 N–H and O–H groups in total. The van der Waals surface area contributed by atoms with Crippen LogP contribution in [0.2, 0.25) is 0 Å². The molecule has 1 amide bonds. The van der Waals surface area contributed by atoms with Gasteiger partial charge in [-0.2, -0.15) is 0 Å². The Morgan fingerprint density at radius 1 is 1.37 bits per heavy atom. The molecule has 2 aromatic rings. The predicted molar refractivity (Wildman–Crippen MR) is 73.6 cm³/mol. The maximum Gasteiger partial charge on any atom is 0.348 e. The number of aromatic nitrogens is 1. The molecule has 6 heteroatoms. The highest BCUT2D eigenvalue weighted by molar-refractivity contribution is 7.18. The Morgan fingerprint density at radius 3 is 2.68 bits per heavy atom. The first-order valence-electron chi connectivity index (χ1n) is 5.56. The second-order valence-electron chi connectivity index (χ2n) is 4.05. The molecule has 98 valence electrons. The van der Waals surface area contributed by atoms with Gasteiger partial charge in [0.05, 0.1) is 5.69 Å². The largest absolute Gasteiger partial charge is 0.477 e. The fourth-order valence-electron chi connectivity index (χ4n) is 1.66. The van der Waals surface area contributed by atoms with Crippen LogP contribution in [0.3, 0.4) is 0 Å². The maximum absolute atomic E-state index is 11.2. The predicted octanol–water partition coefficient (Wildman–Crippen LogP) is 2.78. The molecule has 0 saturated heterocycles. The first kappa shape index (κ1) is 13.2. The molecule has 0 saturated carbocycles. The van der Waals surface area contributed by atoms with E-state index in [2.05, 4.69) is 10.3 Å². The average molecular weight is 276 g/mol. The number of benzene rings is 1. The third kappa shape index (κ3) is 2.97. The van der Waals surface area contributed by atoms with Crippen molar-refractivity contribution in [2.75, 3.05) is 5.32 Å². The average Bonchev–Trinajstić information content (AvgIpc) is 2.72. The normalized spacial score (nSPS) is 10.2. The number of rotatable bonds is 3. The number of carbonyl (C=O) groups excluding carboxylic acids is 1. The lowest BCUT2D eigenvalue weighted by Gasteiger charge is -2.00. The molecule has 1 aromatic heterocycles. The van der Waals surface area contributed by atoms with E-state index in [1.165, 1.54) is 6.92 Å². The van der Waals surface area contributed by atoms with E-state index in [0.29, 0.717) is 10.8 Å². The fourth-order valence-corrected chi connectivity index (χ4v) is 2.53. The van der Waals surface area contributed by atoms with Crippen LogP contribution in [0.5, 0.6) is 0 Å². The van der Waals surface area contributed by atoms with Gasteiger partial charge in [-0.15, -0.1) is 0 Å². The van der Waals surface area contributed by atoms with Crippen molar-refractivity contribution in [3.8, 4) is 11.3 Å². The molecule has 1 aromatic carbocycles. The zero-order chi connectivity index (χ0) is 14.0. The molecule has 0 bridgehead atoms. The SMILES string of the molecule is CC(=O)Nc1nc(-c2cccc(C)c2)c(C(=O)O)s1. The summed E-state index contributed by atoms with van der Waals surface area (Å²) < 4.78 is 0. The summed E-state index contributed by atoms with van der Waals surface area (Å²) in [5.74, 6) is -1.33. The number of hydrogen-bond donors (Lipinski definition) is 2. The third-order valence-electron chi connectivity index (χ3n) is 2.40. The Bertz CT molecular complexity index is 649. The van der Waals surface area contributed by atoms with Gasteiger partial charge < -0.3 is 10.4 Å². The molecular formula is C13H12N2O3S. The van der Waals surface area contributed by atoms with Gasteiger partial charge in [0.25, 0.3) is 0 Å². The van der Waals surface area contributed by atoms with Gasteiger partial charge in [0.15, 0.2) is 5.13 Å². The topological polar surface area (TPSA) is 79.3 Å². The summed E-state index contributed by atoms with van der Waals surface area (Å²) in [4.78, 5) is 26.5. The van der Waals surface area contributed by atoms with E-state index in [4.69, 9.17) is 0 Å². The summed E-state index contributed by atoms with van der Waals surface area (Å²) in [6.07, 6.45) is 0. The first-order valence-corrected chi connectivity index (χ1v) is 6.38. The van der Waals surface area contributed by atoms with E-state index in [0.717, 1.165) is 22.5 Å². The minimum absolute atomic E-state index is 0.120. The van der Waals surface area contributed by atoms with Gasteiger partial charge in [0.2, 0.25) is 5.91 Å². The van der Waals surface area contributed by atoms with Crippen LogP contribution in [0.4, 0.5) is 5.13 Å². The Labute approximate surface area is 113 Å². The monoisotopic (exact) mass is 276 g/mol. The first-order chi connectivity index (χ1) is 8.97. The van der Waals surface area contributed by atoms with E-state index in [9.17, 15) is 14.7 Å². The minimum atomic E-state index is -1.05. The molecular weight excluding hydrogens is 264 g/mol. The van der Waals surface area contributed by atoms with Crippen molar-refractivity contribution in [2.45, 2.75) is 13.8 Å². The molecule has 0 aliphatic rings. The van der Waals surface area contributed by atoms with Crippen LogP contribution in [0.15, 0.2) is 24.3 Å². The van der Waals surface area contributed by atoms with Crippen LogP contribution >= 0.6 is 11.3 Å². The molecule has 0 fully saturated rings. The van der Waals surface area contributed by atoms with Crippen LogP contribution in [-0.4, -0.2) is 22.0 Å². The van der Waals surface area contributed by atoms with E-state index in [1.807, 2.05) is 25.1 Å². The Balaban J connectivity index is 2.51. The summed E-state index contributed by atoms with van der Waals surface area (Å²) in [5.41, 5.74) is 2.12. The smallest absolute Gasteiger partial charge is 0.348 e. The van der Waals surface area contributed by atoms with E-state index in [-0.39, 0.29) is 10.8 Å². The van der Waals surface area contributed by atoms with Gasteiger partial charge in [-0.3, -0.25) is 4.79 Å². The van der Waals surface area contributed by atoms with Crippen LogP contribution < -0.4 is 5.32 Å². The summed E-state index contributed by atoms with van der Waals surface area (Å²) in [7, 11) is 0. The van der Waals surface area contributed by atoms with Crippen molar-refractivity contribution in [3.63, 3.8) is 0 Å². The second-order valence-corrected chi connectivity index (χ2v) is 5.05. The summed E-state index contributed by atoms with van der Waals surface area (Å²) in [6.45, 7) is 3.28. The van der Waals surface area contributed by atoms with Gasteiger partial charge in [-0.1, -0.05) is 35.1 Å². The van der Waals surface area contributed by atoms with Crippen LogP contribution in [0.25, 0.3) is 11.3 Å². The number of anilines is 1. The van der Waals surface area contributed by atoms with Gasteiger partial charge >= 0.3 is 5.97 Å². The highest BCUT2D eigenvalue weighted by atomic mass is 32.1. The lowest BCUT2D eigenvalue weighted by molar-refractivity contribution is -0.114. The number of amides is 1. The molecule has 1 heterocycles. The molecule has 19 heavy (non-hydrogen) atoms.